The summed E-state index contributed by atoms with van der Waals surface area (Å²) in [5.41, 5.74) is 10.7. The van der Waals surface area contributed by atoms with E-state index in [1.807, 2.05) is 11.3 Å². The van der Waals surface area contributed by atoms with Gasteiger partial charge in [0.1, 0.15) is 5.52 Å². The van der Waals surface area contributed by atoms with E-state index < -0.39 is 0 Å². The lowest BCUT2D eigenvalue weighted by Crippen LogP contribution is -1.93. The van der Waals surface area contributed by atoms with Crippen LogP contribution in [0.1, 0.15) is 0 Å². The van der Waals surface area contributed by atoms with Crippen LogP contribution in [0.2, 0.25) is 0 Å². The molecule has 11 aromatic rings. The highest BCUT2D eigenvalue weighted by Crippen LogP contribution is 2.44. The van der Waals surface area contributed by atoms with Gasteiger partial charge < -0.3 is 8.98 Å². The van der Waals surface area contributed by atoms with Gasteiger partial charge in [-0.1, -0.05) is 109 Å². The zero-order valence-electron chi connectivity index (χ0n) is 27.4. The first-order valence-corrected chi connectivity index (χ1v) is 18.0. The van der Waals surface area contributed by atoms with E-state index in [-0.39, 0.29) is 0 Å². The average molecular weight is 669 g/mol. The first-order valence-electron chi connectivity index (χ1n) is 17.2. The lowest BCUT2D eigenvalue weighted by atomic mass is 9.99. The van der Waals surface area contributed by atoms with Crippen LogP contribution in [0.25, 0.3) is 103 Å². The first-order chi connectivity index (χ1) is 25.3. The molecular formula is C47H28N2OS. The molecule has 4 heteroatoms. The minimum Gasteiger partial charge on any atom is -0.435 e. The van der Waals surface area contributed by atoms with Crippen molar-refractivity contribution < 1.29 is 4.42 Å². The third-order valence-electron chi connectivity index (χ3n) is 10.2. The summed E-state index contributed by atoms with van der Waals surface area (Å²) in [4.78, 5) is 5.25. The normalized spacial score (nSPS) is 11.9. The molecule has 3 nitrogen and oxygen atoms in total. The zero-order valence-corrected chi connectivity index (χ0v) is 28.2. The molecule has 0 amide bonds. The highest BCUT2D eigenvalue weighted by Gasteiger charge is 2.21. The molecule has 8 aromatic carbocycles. The summed E-state index contributed by atoms with van der Waals surface area (Å²) in [6, 6.07) is 60.7. The van der Waals surface area contributed by atoms with E-state index in [4.69, 9.17) is 9.40 Å². The van der Waals surface area contributed by atoms with Gasteiger partial charge in [-0.25, -0.2) is 4.98 Å². The third-order valence-corrected chi connectivity index (χ3v) is 11.3. The molecule has 238 valence electrons. The Balaban J connectivity index is 1.07. The van der Waals surface area contributed by atoms with Crippen molar-refractivity contribution in [3.8, 4) is 39.4 Å². The molecule has 3 aromatic heterocycles. The van der Waals surface area contributed by atoms with Crippen LogP contribution in [-0.4, -0.2) is 9.55 Å². The fourth-order valence-corrected chi connectivity index (χ4v) is 8.94. The second kappa shape index (κ2) is 11.0. The molecule has 0 aliphatic carbocycles. The summed E-state index contributed by atoms with van der Waals surface area (Å²) in [6.45, 7) is 0. The van der Waals surface area contributed by atoms with Gasteiger partial charge in [0.25, 0.3) is 0 Å². The number of thiophene rings is 1. The van der Waals surface area contributed by atoms with Crippen LogP contribution in [0, 0.1) is 0 Å². The van der Waals surface area contributed by atoms with Crippen LogP contribution in [0.15, 0.2) is 174 Å². The Bertz CT molecular complexity index is 3130. The zero-order chi connectivity index (χ0) is 33.5. The molecule has 51 heavy (non-hydrogen) atoms. The largest absolute Gasteiger partial charge is 0.435 e. The van der Waals surface area contributed by atoms with Crippen LogP contribution in [0.4, 0.5) is 0 Å². The number of fused-ring (bicyclic) bond motifs is 9. The summed E-state index contributed by atoms with van der Waals surface area (Å²) in [6.07, 6.45) is 0. The van der Waals surface area contributed by atoms with Gasteiger partial charge in [-0.15, -0.1) is 11.3 Å². The van der Waals surface area contributed by atoms with E-state index in [1.54, 1.807) is 0 Å². The summed E-state index contributed by atoms with van der Waals surface area (Å²) in [5, 5.41) is 7.27. The molecule has 0 aliphatic heterocycles. The molecule has 0 unspecified atom stereocenters. The Morgan fingerprint density at radius 3 is 2.06 bits per heavy atom. The number of rotatable bonds is 4. The molecule has 0 N–H and O–H groups in total. The van der Waals surface area contributed by atoms with Crippen LogP contribution in [0.5, 0.6) is 0 Å². The predicted molar refractivity (Wildman–Crippen MR) is 215 cm³/mol. The molecule has 0 bridgehead atoms. The number of para-hydroxylation sites is 1. The second-order valence-electron chi connectivity index (χ2n) is 13.2. The van der Waals surface area contributed by atoms with Gasteiger partial charge in [0.15, 0.2) is 5.58 Å². The number of nitrogens with zero attached hydrogens (tertiary/aromatic N) is 2. The van der Waals surface area contributed by atoms with Gasteiger partial charge in [-0.3, -0.25) is 0 Å². The maximum atomic E-state index is 6.79. The van der Waals surface area contributed by atoms with Crippen LogP contribution < -0.4 is 0 Å². The molecule has 0 saturated heterocycles. The summed E-state index contributed by atoms with van der Waals surface area (Å²) >= 11 is 1.81. The van der Waals surface area contributed by atoms with E-state index in [0.717, 1.165) is 38.9 Å². The van der Waals surface area contributed by atoms with Crippen molar-refractivity contribution in [2.75, 3.05) is 0 Å². The van der Waals surface area contributed by atoms with Crippen molar-refractivity contribution in [1.29, 1.82) is 0 Å². The fourth-order valence-electron chi connectivity index (χ4n) is 7.79. The highest BCUT2D eigenvalue weighted by molar-refractivity contribution is 7.26. The van der Waals surface area contributed by atoms with Crippen molar-refractivity contribution in [3.63, 3.8) is 0 Å². The van der Waals surface area contributed by atoms with Crippen LogP contribution in [0.3, 0.4) is 0 Å². The molecule has 0 spiro atoms. The maximum absolute atomic E-state index is 6.79. The Morgan fingerprint density at radius 1 is 0.471 bits per heavy atom. The van der Waals surface area contributed by atoms with Crippen molar-refractivity contribution in [2.24, 2.45) is 0 Å². The predicted octanol–water partition coefficient (Wildman–Crippen LogP) is 13.4. The van der Waals surface area contributed by atoms with E-state index >= 15 is 0 Å². The lowest BCUT2D eigenvalue weighted by Gasteiger charge is -2.09. The number of aromatic nitrogens is 2. The smallest absolute Gasteiger partial charge is 0.227 e. The lowest BCUT2D eigenvalue weighted by molar-refractivity contribution is 0.621. The minimum absolute atomic E-state index is 0.621. The minimum atomic E-state index is 0.621. The van der Waals surface area contributed by atoms with E-state index in [0.29, 0.717) is 5.89 Å². The standard InChI is InChI=1S/C47H28N2OS/c1-2-10-29(11-3-1)33-22-25-41-39(27-33)36-14-6-8-16-40(36)49(41)35-23-20-31(21-24-35)47-48-45-44-37-15-7-9-17-42(37)51-43(44)28-38(46(45)50-47)34-19-18-30-12-4-5-13-32(30)26-34/h1-28H. The molecule has 11 rings (SSSR count). The van der Waals surface area contributed by atoms with E-state index in [9.17, 15) is 0 Å². The molecule has 0 atom stereocenters. The summed E-state index contributed by atoms with van der Waals surface area (Å²) in [7, 11) is 0. The van der Waals surface area contributed by atoms with Gasteiger partial charge in [-0.05, 0) is 88.1 Å². The molecular weight excluding hydrogens is 641 g/mol. The Labute approximate surface area is 297 Å². The molecule has 3 heterocycles. The summed E-state index contributed by atoms with van der Waals surface area (Å²) in [5.74, 6) is 0.621. The maximum Gasteiger partial charge on any atom is 0.227 e. The van der Waals surface area contributed by atoms with Crippen molar-refractivity contribution in [2.45, 2.75) is 0 Å². The van der Waals surface area contributed by atoms with Crippen molar-refractivity contribution in [1.82, 2.24) is 9.55 Å². The first kappa shape index (κ1) is 28.4. The Kier molecular flexibility index (Phi) is 6.12. The van der Waals surface area contributed by atoms with Crippen LogP contribution in [-0.2, 0) is 0 Å². The van der Waals surface area contributed by atoms with Gasteiger partial charge in [0.2, 0.25) is 5.89 Å². The number of hydrogen-bond donors (Lipinski definition) is 0. The molecule has 0 saturated carbocycles. The highest BCUT2D eigenvalue weighted by atomic mass is 32.1. The quantitative estimate of drug-likeness (QED) is 0.187. The van der Waals surface area contributed by atoms with Crippen molar-refractivity contribution >= 4 is 75.2 Å². The third kappa shape index (κ3) is 4.40. The van der Waals surface area contributed by atoms with Crippen molar-refractivity contribution in [3.05, 3.63) is 170 Å². The fraction of sp³-hybridized carbons (Fsp3) is 0. The Morgan fingerprint density at radius 2 is 1.18 bits per heavy atom. The van der Waals surface area contributed by atoms with E-state index in [1.165, 1.54) is 58.5 Å². The van der Waals surface area contributed by atoms with Gasteiger partial charge >= 0.3 is 0 Å². The number of oxazole rings is 1. The average Bonchev–Trinajstić information content (AvgIpc) is 3.89. The number of hydrogen-bond acceptors (Lipinski definition) is 3. The van der Waals surface area contributed by atoms with Gasteiger partial charge in [-0.2, -0.15) is 0 Å². The topological polar surface area (TPSA) is 31.0 Å². The van der Waals surface area contributed by atoms with Gasteiger partial charge in [0, 0.05) is 47.8 Å². The monoisotopic (exact) mass is 668 g/mol. The van der Waals surface area contributed by atoms with Crippen LogP contribution >= 0.6 is 11.3 Å². The SMILES string of the molecule is c1ccc(-c2ccc3c(c2)c2ccccc2n3-c2ccc(-c3nc4c(o3)c(-c3ccc5ccccc5c3)cc3sc5ccccc5c34)cc2)cc1. The molecule has 0 aliphatic rings. The van der Waals surface area contributed by atoms with Gasteiger partial charge in [0.05, 0.1) is 11.0 Å². The molecule has 0 radical (unpaired) electrons. The second-order valence-corrected chi connectivity index (χ2v) is 14.2. The van der Waals surface area contributed by atoms with E-state index in [2.05, 4.69) is 174 Å². The molecule has 0 fully saturated rings. The number of benzene rings is 8. The summed E-state index contributed by atoms with van der Waals surface area (Å²) < 4.78 is 11.6. The Hall–Kier alpha value is -6.49.